The van der Waals surface area contributed by atoms with Crippen LogP contribution in [0.5, 0.6) is 0 Å². The van der Waals surface area contributed by atoms with E-state index in [1.165, 1.54) is 11.1 Å². The summed E-state index contributed by atoms with van der Waals surface area (Å²) in [6.45, 7) is 7.68. The molecule has 8 nitrogen and oxygen atoms in total. The number of quaternary nitrogens is 1. The summed E-state index contributed by atoms with van der Waals surface area (Å²) >= 11 is 0. The van der Waals surface area contributed by atoms with Crippen molar-refractivity contribution in [2.24, 2.45) is 0 Å². The lowest BCUT2D eigenvalue weighted by Gasteiger charge is -2.13. The average Bonchev–Trinajstić information content (AvgIpc) is 2.90. The van der Waals surface area contributed by atoms with Gasteiger partial charge in [0, 0.05) is 24.9 Å². The highest BCUT2D eigenvalue weighted by atomic mass is 16.5. The van der Waals surface area contributed by atoms with Crippen molar-refractivity contribution in [3.05, 3.63) is 29.2 Å². The van der Waals surface area contributed by atoms with Crippen LogP contribution in [0, 0.1) is 13.8 Å². The molecule has 0 bridgehead atoms. The second-order valence-corrected chi connectivity index (χ2v) is 6.23. The van der Waals surface area contributed by atoms with E-state index >= 15 is 0 Å². The summed E-state index contributed by atoms with van der Waals surface area (Å²) in [5.41, 5.74) is 2.16. The first-order valence-electron chi connectivity index (χ1n) is 8.53. The fourth-order valence-electron chi connectivity index (χ4n) is 2.45. The molecule has 2 N–H and O–H groups in total. The summed E-state index contributed by atoms with van der Waals surface area (Å²) in [6, 6.07) is 1.95. The number of ether oxygens (including phenoxy) is 1. The Balaban J connectivity index is 2.28. The van der Waals surface area contributed by atoms with Gasteiger partial charge < -0.3 is 15.0 Å². The van der Waals surface area contributed by atoms with Crippen LogP contribution >= 0.6 is 0 Å². The van der Waals surface area contributed by atoms with Gasteiger partial charge in [-0.1, -0.05) is 0 Å². The third-order valence-electron chi connectivity index (χ3n) is 3.62. The van der Waals surface area contributed by atoms with Crippen molar-refractivity contribution in [2.75, 3.05) is 39.1 Å². The van der Waals surface area contributed by atoms with Gasteiger partial charge in [0.25, 0.3) is 5.95 Å². The van der Waals surface area contributed by atoms with E-state index in [0.29, 0.717) is 30.5 Å². The average molecular weight is 347 g/mol. The Hall–Kier alpha value is -2.48. The van der Waals surface area contributed by atoms with Gasteiger partial charge in [0.05, 0.1) is 32.9 Å². The molecular weight excluding hydrogens is 320 g/mol. The van der Waals surface area contributed by atoms with Gasteiger partial charge in [0.1, 0.15) is 11.4 Å². The zero-order valence-electron chi connectivity index (χ0n) is 15.6. The van der Waals surface area contributed by atoms with E-state index in [-0.39, 0.29) is 0 Å². The highest BCUT2D eigenvalue weighted by Crippen LogP contribution is 2.16. The maximum atomic E-state index is 12.2. The molecule has 136 valence electrons. The molecule has 2 aromatic rings. The van der Waals surface area contributed by atoms with Crippen molar-refractivity contribution in [1.29, 1.82) is 0 Å². The zero-order valence-corrected chi connectivity index (χ0v) is 15.6. The number of nitrogens with one attached hydrogen (secondary N) is 2. The van der Waals surface area contributed by atoms with E-state index in [1.807, 2.05) is 19.9 Å². The molecule has 0 saturated carbocycles. The molecular formula is C17H27N6O2+. The van der Waals surface area contributed by atoms with E-state index in [9.17, 15) is 4.79 Å². The van der Waals surface area contributed by atoms with Gasteiger partial charge in [-0.15, -0.1) is 0 Å². The van der Waals surface area contributed by atoms with Crippen LogP contribution in [0.3, 0.4) is 0 Å². The number of carbonyl (C=O) groups is 1. The monoisotopic (exact) mass is 347 g/mol. The number of hydrogen-bond acceptors (Lipinski definition) is 6. The first kappa shape index (κ1) is 18.9. The minimum atomic E-state index is -0.428. The number of esters is 1. The topological polar surface area (TPSA) is 86.4 Å². The molecule has 8 heteroatoms. The fourth-order valence-corrected chi connectivity index (χ4v) is 2.45. The number of anilines is 1. The van der Waals surface area contributed by atoms with Crippen molar-refractivity contribution in [1.82, 2.24) is 19.7 Å². The van der Waals surface area contributed by atoms with Crippen molar-refractivity contribution in [2.45, 2.75) is 27.2 Å². The van der Waals surface area contributed by atoms with Crippen LogP contribution in [0.2, 0.25) is 0 Å². The van der Waals surface area contributed by atoms with Crippen LogP contribution in [-0.2, 0) is 4.74 Å². The van der Waals surface area contributed by atoms with Crippen molar-refractivity contribution in [3.63, 3.8) is 0 Å². The number of nitrogens with zero attached hydrogens (tertiary/aromatic N) is 4. The summed E-state index contributed by atoms with van der Waals surface area (Å²) in [5.74, 6) is 0.479. The van der Waals surface area contributed by atoms with E-state index in [2.05, 4.69) is 34.5 Å². The highest BCUT2D eigenvalue weighted by Gasteiger charge is 2.17. The number of hydrogen-bond donors (Lipinski definition) is 2. The molecule has 0 atom stereocenters. The van der Waals surface area contributed by atoms with Crippen LogP contribution < -0.4 is 10.2 Å². The summed E-state index contributed by atoms with van der Waals surface area (Å²) < 4.78 is 6.77. The van der Waals surface area contributed by atoms with Gasteiger partial charge in [0.2, 0.25) is 0 Å². The Kier molecular flexibility index (Phi) is 6.46. The van der Waals surface area contributed by atoms with Gasteiger partial charge in [-0.2, -0.15) is 10.1 Å². The van der Waals surface area contributed by atoms with Gasteiger partial charge in [0.15, 0.2) is 0 Å². The molecule has 2 rings (SSSR count). The lowest BCUT2D eigenvalue weighted by atomic mass is 10.3. The van der Waals surface area contributed by atoms with Gasteiger partial charge >= 0.3 is 5.97 Å². The van der Waals surface area contributed by atoms with Crippen LogP contribution in [-0.4, -0.2) is 59.5 Å². The molecule has 0 aliphatic rings. The predicted molar refractivity (Wildman–Crippen MR) is 95.4 cm³/mol. The van der Waals surface area contributed by atoms with Crippen LogP contribution in [0.4, 0.5) is 5.82 Å². The third kappa shape index (κ3) is 4.99. The molecule has 0 saturated heterocycles. The molecule has 2 heterocycles. The SMILES string of the molecule is CCOC(=O)c1cnc(-n2nc(C)cc2C)nc1NCCC[NH+](C)C. The van der Waals surface area contributed by atoms with Gasteiger partial charge in [-0.05, 0) is 26.8 Å². The minimum absolute atomic E-state index is 0.307. The summed E-state index contributed by atoms with van der Waals surface area (Å²) in [6.07, 6.45) is 2.46. The number of aryl methyl sites for hydroxylation is 2. The molecule has 25 heavy (non-hydrogen) atoms. The van der Waals surface area contributed by atoms with Crippen molar-refractivity contribution < 1.29 is 14.4 Å². The zero-order chi connectivity index (χ0) is 18.4. The predicted octanol–water partition coefficient (Wildman–Crippen LogP) is 0.402. The Morgan fingerprint density at radius 2 is 2.12 bits per heavy atom. The quantitative estimate of drug-likeness (QED) is 0.531. The molecule has 0 aromatic carbocycles. The van der Waals surface area contributed by atoms with E-state index < -0.39 is 5.97 Å². The molecule has 0 radical (unpaired) electrons. The summed E-state index contributed by atoms with van der Waals surface area (Å²) in [5, 5.41) is 7.63. The van der Waals surface area contributed by atoms with Crippen LogP contribution in [0.1, 0.15) is 35.1 Å². The van der Waals surface area contributed by atoms with Crippen molar-refractivity contribution in [3.8, 4) is 5.95 Å². The standard InChI is InChI=1S/C17H26N6O2/c1-6-25-16(24)14-11-19-17(23-13(3)10-12(2)21-23)20-15(14)18-8-7-9-22(4)5/h10-11H,6-9H2,1-5H3,(H,18,19,20)/p+1. The normalized spacial score (nSPS) is 11.0. The Morgan fingerprint density at radius 3 is 2.72 bits per heavy atom. The second kappa shape index (κ2) is 8.57. The van der Waals surface area contributed by atoms with Gasteiger partial charge in [-0.25, -0.2) is 14.5 Å². The van der Waals surface area contributed by atoms with E-state index in [1.54, 1.807) is 11.6 Å². The second-order valence-electron chi connectivity index (χ2n) is 6.23. The fraction of sp³-hybridized carbons (Fsp3) is 0.529. The Morgan fingerprint density at radius 1 is 1.36 bits per heavy atom. The molecule has 0 fully saturated rings. The van der Waals surface area contributed by atoms with E-state index in [0.717, 1.165) is 24.4 Å². The molecule has 0 aliphatic carbocycles. The number of aromatic nitrogens is 4. The third-order valence-corrected chi connectivity index (χ3v) is 3.62. The van der Waals surface area contributed by atoms with Crippen molar-refractivity contribution >= 4 is 11.8 Å². The first-order valence-corrected chi connectivity index (χ1v) is 8.53. The molecule has 2 aromatic heterocycles. The molecule has 0 aliphatic heterocycles. The molecule has 0 unspecified atom stereocenters. The highest BCUT2D eigenvalue weighted by molar-refractivity contribution is 5.94. The molecule has 0 spiro atoms. The van der Waals surface area contributed by atoms with E-state index in [4.69, 9.17) is 4.74 Å². The minimum Gasteiger partial charge on any atom is -0.462 e. The Labute approximate surface area is 148 Å². The summed E-state index contributed by atoms with van der Waals surface area (Å²) in [4.78, 5) is 22.3. The Bertz CT molecular complexity index is 726. The lowest BCUT2D eigenvalue weighted by Crippen LogP contribution is -3.05. The van der Waals surface area contributed by atoms with Gasteiger partial charge in [-0.3, -0.25) is 0 Å². The maximum Gasteiger partial charge on any atom is 0.343 e. The molecule has 0 amide bonds. The lowest BCUT2D eigenvalue weighted by molar-refractivity contribution is -0.858. The van der Waals surface area contributed by atoms with Crippen LogP contribution in [0.25, 0.3) is 5.95 Å². The number of rotatable bonds is 8. The largest absolute Gasteiger partial charge is 0.462 e. The first-order chi connectivity index (χ1) is 11.9. The number of carbonyl (C=O) groups excluding carboxylic acids is 1. The summed E-state index contributed by atoms with van der Waals surface area (Å²) in [7, 11) is 4.21. The smallest absolute Gasteiger partial charge is 0.343 e. The maximum absolute atomic E-state index is 12.2. The van der Waals surface area contributed by atoms with Crippen LogP contribution in [0.15, 0.2) is 12.3 Å².